The zero-order valence-corrected chi connectivity index (χ0v) is 3.84. The SMILES string of the molecule is NS(=O)(=O)[S]. The Kier molecular flexibility index (Phi) is 1.22. The Morgan fingerprint density at radius 2 is 1.60 bits per heavy atom. The summed E-state index contributed by atoms with van der Waals surface area (Å²) in [6.07, 6.45) is 0. The van der Waals surface area contributed by atoms with Gasteiger partial charge in [-0.1, -0.05) is 0 Å². The van der Waals surface area contributed by atoms with E-state index in [9.17, 15) is 8.42 Å². The van der Waals surface area contributed by atoms with Crippen molar-refractivity contribution >= 4 is 20.7 Å². The van der Waals surface area contributed by atoms with Crippen LogP contribution in [0.25, 0.3) is 0 Å². The summed E-state index contributed by atoms with van der Waals surface area (Å²) in [7, 11) is -3.58. The molecule has 5 heavy (non-hydrogen) atoms. The lowest BCUT2D eigenvalue weighted by Crippen LogP contribution is -2.00. The van der Waals surface area contributed by atoms with Crippen molar-refractivity contribution in [3.8, 4) is 0 Å². The van der Waals surface area contributed by atoms with Gasteiger partial charge in [0, 0.05) is 0 Å². The molecule has 3 nitrogen and oxygen atoms in total. The molecule has 0 rings (SSSR count). The zero-order chi connectivity index (χ0) is 4.50. The average molecular weight is 112 g/mol. The molecule has 0 unspecified atom stereocenters. The summed E-state index contributed by atoms with van der Waals surface area (Å²) in [5.41, 5.74) is 0. The first-order valence-corrected chi connectivity index (χ1v) is 3.21. The van der Waals surface area contributed by atoms with E-state index in [1.807, 2.05) is 0 Å². The van der Waals surface area contributed by atoms with Gasteiger partial charge in [0.1, 0.15) is 0 Å². The van der Waals surface area contributed by atoms with Crippen molar-refractivity contribution < 1.29 is 8.42 Å². The molecule has 0 aliphatic heterocycles. The van der Waals surface area contributed by atoms with Gasteiger partial charge in [0.15, 0.2) is 0 Å². The van der Waals surface area contributed by atoms with Crippen LogP contribution >= 0.6 is 11.7 Å². The topological polar surface area (TPSA) is 60.2 Å². The second-order valence-corrected chi connectivity index (χ2v) is 2.87. The second-order valence-electron chi connectivity index (χ2n) is 0.493. The molecule has 0 saturated carbocycles. The summed E-state index contributed by atoms with van der Waals surface area (Å²) in [5, 5.41) is 4.14. The van der Waals surface area contributed by atoms with Gasteiger partial charge in [-0.25, -0.2) is 5.14 Å². The van der Waals surface area contributed by atoms with E-state index in [0.29, 0.717) is 0 Å². The van der Waals surface area contributed by atoms with E-state index < -0.39 is 9.06 Å². The first-order valence-electron chi connectivity index (χ1n) is 0.736. The highest BCUT2D eigenvalue weighted by Gasteiger charge is 1.83. The summed E-state index contributed by atoms with van der Waals surface area (Å²) in [4.78, 5) is 0. The van der Waals surface area contributed by atoms with Crippen molar-refractivity contribution in [3.05, 3.63) is 0 Å². The van der Waals surface area contributed by atoms with Gasteiger partial charge in [0.25, 0.3) is 9.06 Å². The molecule has 0 fully saturated rings. The smallest absolute Gasteiger partial charge is 0.219 e. The normalized spacial score (nSPS) is 11.6. The van der Waals surface area contributed by atoms with Crippen molar-refractivity contribution in [2.45, 2.75) is 0 Å². The molecule has 5 heteroatoms. The molecule has 0 amide bonds. The lowest BCUT2D eigenvalue weighted by molar-refractivity contribution is 0.612. The first-order chi connectivity index (χ1) is 2.00. The minimum atomic E-state index is -3.58. The number of nitrogens with two attached hydrogens (primary N) is 1. The predicted octanol–water partition coefficient (Wildman–Crippen LogP) is -0.613. The van der Waals surface area contributed by atoms with Crippen LogP contribution in [0.2, 0.25) is 0 Å². The third-order valence-corrected chi connectivity index (χ3v) is 0. The summed E-state index contributed by atoms with van der Waals surface area (Å²) in [6, 6.07) is 0. The predicted molar refractivity (Wildman–Crippen MR) is 20.7 cm³/mol. The van der Waals surface area contributed by atoms with E-state index in [4.69, 9.17) is 0 Å². The third-order valence-electron chi connectivity index (χ3n) is 0. The van der Waals surface area contributed by atoms with Crippen molar-refractivity contribution in [1.82, 2.24) is 0 Å². The van der Waals surface area contributed by atoms with Crippen LogP contribution in [0.3, 0.4) is 0 Å². The molecule has 0 bridgehead atoms. The standard InChI is InChI=1S/H2NO2S2/c1-5(2,3)4/h(H2,1,2,3). The molecule has 1 radical (unpaired) electrons. The highest BCUT2D eigenvalue weighted by molar-refractivity contribution is 8.62. The highest BCUT2D eigenvalue weighted by atomic mass is 33.1. The molecule has 0 heterocycles. The van der Waals surface area contributed by atoms with E-state index >= 15 is 0 Å². The van der Waals surface area contributed by atoms with E-state index in [1.165, 1.54) is 0 Å². The second kappa shape index (κ2) is 1.16. The number of rotatable bonds is 0. The van der Waals surface area contributed by atoms with Gasteiger partial charge in [0.2, 0.25) is 0 Å². The van der Waals surface area contributed by atoms with Crippen LogP contribution in [-0.4, -0.2) is 8.42 Å². The van der Waals surface area contributed by atoms with Gasteiger partial charge in [-0.05, 0) is 0 Å². The Morgan fingerprint density at radius 3 is 1.60 bits per heavy atom. The largest absolute Gasteiger partial charge is 0.273 e. The maximum atomic E-state index is 9.22. The molecule has 0 aromatic rings. The fourth-order valence-electron chi connectivity index (χ4n) is 0. The van der Waals surface area contributed by atoms with Crippen molar-refractivity contribution in [2.24, 2.45) is 5.14 Å². The summed E-state index contributed by atoms with van der Waals surface area (Å²) in [5.74, 6) is 0. The quantitative estimate of drug-likeness (QED) is 0.425. The minimum Gasteiger partial charge on any atom is -0.219 e. The Morgan fingerprint density at radius 1 is 1.60 bits per heavy atom. The van der Waals surface area contributed by atoms with Crippen LogP contribution < -0.4 is 5.14 Å². The van der Waals surface area contributed by atoms with Gasteiger partial charge < -0.3 is 0 Å². The van der Waals surface area contributed by atoms with Gasteiger partial charge in [-0.15, -0.1) is 0 Å². The van der Waals surface area contributed by atoms with Crippen molar-refractivity contribution in [1.29, 1.82) is 0 Å². The zero-order valence-electron chi connectivity index (χ0n) is 2.21. The maximum absolute atomic E-state index is 9.22. The van der Waals surface area contributed by atoms with E-state index in [2.05, 4.69) is 16.8 Å². The fourth-order valence-corrected chi connectivity index (χ4v) is 0. The van der Waals surface area contributed by atoms with Crippen molar-refractivity contribution in [2.75, 3.05) is 0 Å². The molecule has 0 atom stereocenters. The van der Waals surface area contributed by atoms with Crippen LogP contribution in [0, 0.1) is 0 Å². The van der Waals surface area contributed by atoms with E-state index in [-0.39, 0.29) is 0 Å². The molecule has 2 N–H and O–H groups in total. The summed E-state index contributed by atoms with van der Waals surface area (Å²) < 4.78 is 18.4. The Hall–Kier alpha value is 0.260. The lowest BCUT2D eigenvalue weighted by Gasteiger charge is -1.67. The average Bonchev–Trinajstić information content (AvgIpc) is 0.722. The molecule has 0 aromatic carbocycles. The van der Waals surface area contributed by atoms with Gasteiger partial charge in [-0.2, -0.15) is 8.42 Å². The summed E-state index contributed by atoms with van der Waals surface area (Å²) >= 11 is 3.58. The maximum Gasteiger partial charge on any atom is 0.273 e. The molecular weight excluding hydrogens is 110 g/mol. The molecule has 0 saturated heterocycles. The van der Waals surface area contributed by atoms with Crippen LogP contribution in [0.1, 0.15) is 0 Å². The molecule has 0 spiro atoms. The van der Waals surface area contributed by atoms with Gasteiger partial charge in [0.05, 0.1) is 11.7 Å². The molecular formula is H2NO2S2. The number of hydrogen-bond acceptors (Lipinski definition) is 2. The molecule has 0 aromatic heterocycles. The lowest BCUT2D eigenvalue weighted by atomic mass is 14.0. The van der Waals surface area contributed by atoms with Crippen LogP contribution in [0.5, 0.6) is 0 Å². The molecule has 0 aliphatic rings. The van der Waals surface area contributed by atoms with Crippen LogP contribution in [-0.2, 0) is 9.06 Å². The molecule has 0 aliphatic carbocycles. The third kappa shape index (κ3) is 322. The monoisotopic (exact) mass is 112 g/mol. The number of hydrogen-bond donors (Lipinski definition) is 1. The van der Waals surface area contributed by atoms with Crippen LogP contribution in [0.4, 0.5) is 0 Å². The first kappa shape index (κ1) is 5.26. The van der Waals surface area contributed by atoms with E-state index in [1.54, 1.807) is 0 Å². The fraction of sp³-hybridized carbons (Fsp3) is 0. The Bertz CT molecular complexity index is 90.8. The Balaban J connectivity index is 4.06. The highest BCUT2D eigenvalue weighted by Crippen LogP contribution is 1.75. The minimum absolute atomic E-state index is 3.58. The van der Waals surface area contributed by atoms with Gasteiger partial charge in [-0.3, -0.25) is 0 Å². The molecule has 31 valence electrons. The summed E-state index contributed by atoms with van der Waals surface area (Å²) in [6.45, 7) is 0. The Labute approximate surface area is 35.0 Å². The van der Waals surface area contributed by atoms with Crippen LogP contribution in [0.15, 0.2) is 0 Å². The van der Waals surface area contributed by atoms with Crippen molar-refractivity contribution in [3.63, 3.8) is 0 Å². The van der Waals surface area contributed by atoms with Gasteiger partial charge >= 0.3 is 0 Å². The van der Waals surface area contributed by atoms with E-state index in [0.717, 1.165) is 0 Å².